The van der Waals surface area contributed by atoms with Gasteiger partial charge in [-0.1, -0.05) is 131 Å². The van der Waals surface area contributed by atoms with Crippen molar-refractivity contribution in [2.45, 2.75) is 59.2 Å². The number of aromatic nitrogens is 2. The molecule has 5 heteroatoms. The van der Waals surface area contributed by atoms with Gasteiger partial charge in [-0.25, -0.2) is 4.98 Å². The van der Waals surface area contributed by atoms with Gasteiger partial charge in [-0.3, -0.25) is 4.57 Å². The summed E-state index contributed by atoms with van der Waals surface area (Å²) >= 11 is 0. The molecule has 52 heavy (non-hydrogen) atoms. The van der Waals surface area contributed by atoms with Crippen LogP contribution in [0.15, 0.2) is 126 Å². The summed E-state index contributed by atoms with van der Waals surface area (Å²) in [5.74, 6) is 1.36. The van der Waals surface area contributed by atoms with E-state index < -0.39 is 8.07 Å². The van der Waals surface area contributed by atoms with Gasteiger partial charge in [0.2, 0.25) is 0 Å². The molecule has 0 atom stereocenters. The van der Waals surface area contributed by atoms with Crippen LogP contribution in [0.2, 0.25) is 19.6 Å². The molecule has 6 aromatic carbocycles. The summed E-state index contributed by atoms with van der Waals surface area (Å²) in [4.78, 5) is 5.34. The normalized spacial score (nSPS) is 12.1. The molecule has 0 radical (unpaired) electrons. The van der Waals surface area contributed by atoms with Crippen molar-refractivity contribution in [1.29, 1.82) is 5.26 Å². The third kappa shape index (κ3) is 5.64. The van der Waals surface area contributed by atoms with Gasteiger partial charge in [-0.05, 0) is 82.1 Å². The maximum Gasteiger partial charge on any atom is 0.149 e. The second-order valence-electron chi connectivity index (χ2n) is 15.6. The van der Waals surface area contributed by atoms with E-state index in [1.165, 1.54) is 33.1 Å². The predicted molar refractivity (Wildman–Crippen MR) is 221 cm³/mol. The fraction of sp³-hybridized carbons (Fsp3) is 0.191. The van der Waals surface area contributed by atoms with E-state index in [0.29, 0.717) is 5.56 Å². The number of para-hydroxylation sites is 3. The number of hydrogen-bond donors (Lipinski definition) is 0. The largest absolute Gasteiger partial charge is 0.455 e. The van der Waals surface area contributed by atoms with Gasteiger partial charge in [0.05, 0.1) is 42.0 Å². The van der Waals surface area contributed by atoms with Crippen molar-refractivity contribution < 1.29 is 4.42 Å². The Hall–Kier alpha value is -5.70. The molecule has 0 saturated carbocycles. The van der Waals surface area contributed by atoms with E-state index in [4.69, 9.17) is 9.40 Å². The molecule has 0 unspecified atom stereocenters. The van der Waals surface area contributed by atoms with Crippen molar-refractivity contribution in [2.24, 2.45) is 0 Å². The van der Waals surface area contributed by atoms with E-state index in [0.717, 1.165) is 55.5 Å². The number of nitrogens with zero attached hydrogens (tertiary/aromatic N) is 3. The summed E-state index contributed by atoms with van der Waals surface area (Å²) < 4.78 is 9.21. The van der Waals surface area contributed by atoms with Gasteiger partial charge in [0.1, 0.15) is 17.0 Å². The highest BCUT2D eigenvalue weighted by atomic mass is 28.3. The first-order valence-corrected chi connectivity index (χ1v) is 21.7. The number of benzene rings is 6. The van der Waals surface area contributed by atoms with Crippen molar-refractivity contribution in [2.75, 3.05) is 0 Å². The fourth-order valence-corrected chi connectivity index (χ4v) is 8.72. The maximum atomic E-state index is 10.4. The number of furan rings is 1. The molecule has 8 rings (SSSR count). The van der Waals surface area contributed by atoms with E-state index in [9.17, 15) is 5.26 Å². The molecule has 4 nitrogen and oxygen atoms in total. The lowest BCUT2D eigenvalue weighted by molar-refractivity contribution is 0.669. The first-order chi connectivity index (χ1) is 25.0. The van der Waals surface area contributed by atoms with E-state index >= 15 is 0 Å². The van der Waals surface area contributed by atoms with E-state index in [2.05, 4.69) is 167 Å². The van der Waals surface area contributed by atoms with Crippen LogP contribution in [0.1, 0.15) is 56.2 Å². The Bertz CT molecular complexity index is 2640. The average molecular weight is 694 g/mol. The number of nitriles is 1. The van der Waals surface area contributed by atoms with Gasteiger partial charge in [-0.2, -0.15) is 5.26 Å². The lowest BCUT2D eigenvalue weighted by atomic mass is 9.88. The Morgan fingerprint density at radius 3 is 1.98 bits per heavy atom. The molecule has 0 spiro atoms. The highest BCUT2D eigenvalue weighted by molar-refractivity contribution is 6.88. The first-order valence-electron chi connectivity index (χ1n) is 18.2. The van der Waals surface area contributed by atoms with Crippen LogP contribution in [0.25, 0.3) is 72.3 Å². The second-order valence-corrected chi connectivity index (χ2v) is 20.6. The molecule has 0 aliphatic rings. The molecule has 0 aliphatic heterocycles. The number of hydrogen-bond acceptors (Lipinski definition) is 3. The van der Waals surface area contributed by atoms with Crippen LogP contribution in [0.4, 0.5) is 0 Å². The molecular formula is C47H43N3OSi. The smallest absolute Gasteiger partial charge is 0.149 e. The minimum atomic E-state index is -1.46. The highest BCUT2D eigenvalue weighted by Gasteiger charge is 2.26. The Morgan fingerprint density at radius 2 is 1.33 bits per heavy atom. The molecule has 2 aromatic heterocycles. The summed E-state index contributed by atoms with van der Waals surface area (Å²) in [6, 6.07) is 45.3. The van der Waals surface area contributed by atoms with Crippen LogP contribution in [0.3, 0.4) is 0 Å². The van der Waals surface area contributed by atoms with Gasteiger partial charge >= 0.3 is 0 Å². The standard InChI is InChI=1S/C47H43N3OSi/c1-29(2)38-24-33(31-14-9-8-10-15-31)25-39(30(3)4)45(38)50-43-19-12-11-18-42(43)49-47(50)37-17-13-16-36-41-26-34(28-48)40(27-44(41)51-46(36)37)32-20-22-35(23-21-32)52(5,6)7/h8-27,29-30H,1-7H3. The van der Waals surface area contributed by atoms with Gasteiger partial charge in [0, 0.05) is 16.3 Å². The van der Waals surface area contributed by atoms with Gasteiger partial charge in [0.25, 0.3) is 0 Å². The van der Waals surface area contributed by atoms with E-state index in [1.807, 2.05) is 12.1 Å². The van der Waals surface area contributed by atoms with Crippen molar-refractivity contribution in [3.05, 3.63) is 138 Å². The monoisotopic (exact) mass is 693 g/mol. The zero-order chi connectivity index (χ0) is 36.3. The summed E-state index contributed by atoms with van der Waals surface area (Å²) in [5.41, 5.74) is 13.1. The Labute approximate surface area is 307 Å². The van der Waals surface area contributed by atoms with Crippen LogP contribution in [0.5, 0.6) is 0 Å². The van der Waals surface area contributed by atoms with Crippen molar-refractivity contribution in [3.63, 3.8) is 0 Å². The molecule has 0 saturated heterocycles. The molecule has 0 fully saturated rings. The van der Waals surface area contributed by atoms with Gasteiger partial charge in [0.15, 0.2) is 0 Å². The number of imidazole rings is 1. The third-order valence-electron chi connectivity index (χ3n) is 10.4. The summed E-state index contributed by atoms with van der Waals surface area (Å²) in [5, 5.41) is 13.6. The van der Waals surface area contributed by atoms with Crippen molar-refractivity contribution in [1.82, 2.24) is 9.55 Å². The lowest BCUT2D eigenvalue weighted by Gasteiger charge is -2.24. The van der Waals surface area contributed by atoms with E-state index in [1.54, 1.807) is 0 Å². The predicted octanol–water partition coefficient (Wildman–Crippen LogP) is 12.6. The van der Waals surface area contributed by atoms with Gasteiger partial charge < -0.3 is 4.42 Å². The SMILES string of the molecule is CC(C)c1cc(-c2ccccc2)cc(C(C)C)c1-n1c(-c2cccc3c2oc2cc(-c4ccc([Si](C)(C)C)cc4)c(C#N)cc23)nc2ccccc21. The van der Waals surface area contributed by atoms with Gasteiger partial charge in [-0.15, -0.1) is 0 Å². The van der Waals surface area contributed by atoms with Crippen LogP contribution >= 0.6 is 0 Å². The van der Waals surface area contributed by atoms with Crippen molar-refractivity contribution >= 4 is 46.2 Å². The molecule has 8 aromatic rings. The molecule has 2 heterocycles. The summed E-state index contributed by atoms with van der Waals surface area (Å²) in [6.07, 6.45) is 0. The Kier molecular flexibility index (Phi) is 8.24. The highest BCUT2D eigenvalue weighted by Crippen LogP contribution is 2.43. The molecule has 0 amide bonds. The molecule has 0 aliphatic carbocycles. The Morgan fingerprint density at radius 1 is 0.654 bits per heavy atom. The topological polar surface area (TPSA) is 54.8 Å². The molecule has 0 bridgehead atoms. The van der Waals surface area contributed by atoms with Crippen LogP contribution in [-0.4, -0.2) is 17.6 Å². The van der Waals surface area contributed by atoms with E-state index in [-0.39, 0.29) is 11.8 Å². The van der Waals surface area contributed by atoms with Crippen LogP contribution in [0, 0.1) is 11.3 Å². The first kappa shape index (κ1) is 33.4. The lowest BCUT2D eigenvalue weighted by Crippen LogP contribution is -2.37. The average Bonchev–Trinajstić information content (AvgIpc) is 3.72. The van der Waals surface area contributed by atoms with Crippen molar-refractivity contribution in [3.8, 4) is 45.4 Å². The molecule has 0 N–H and O–H groups in total. The quantitative estimate of drug-likeness (QED) is 0.156. The Balaban J connectivity index is 1.38. The molecular weight excluding hydrogens is 651 g/mol. The van der Waals surface area contributed by atoms with Crippen LogP contribution < -0.4 is 5.19 Å². The zero-order valence-electron chi connectivity index (χ0n) is 31.0. The van der Waals surface area contributed by atoms with Crippen LogP contribution in [-0.2, 0) is 0 Å². The zero-order valence-corrected chi connectivity index (χ0v) is 32.0. The third-order valence-corrected chi connectivity index (χ3v) is 12.4. The summed E-state index contributed by atoms with van der Waals surface area (Å²) in [7, 11) is -1.46. The minimum absolute atomic E-state index is 0.259. The fourth-order valence-electron chi connectivity index (χ4n) is 7.55. The second kappa shape index (κ2) is 12.8. The number of rotatable bonds is 7. The maximum absolute atomic E-state index is 10.4. The number of fused-ring (bicyclic) bond motifs is 4. The summed E-state index contributed by atoms with van der Waals surface area (Å²) in [6.45, 7) is 16.2. The molecule has 256 valence electrons. The minimum Gasteiger partial charge on any atom is -0.455 e.